The number of thioether (sulfide) groups is 1. The predicted octanol–water partition coefficient (Wildman–Crippen LogP) is 4.48. The molecule has 0 fully saturated rings. The first-order valence-electron chi connectivity index (χ1n) is 7.37. The molecular weight excluding hydrogens is 427 g/mol. The number of carbonyl (C=O) groups is 1. The molecule has 3 rings (SSSR count). The van der Waals surface area contributed by atoms with Gasteiger partial charge in [0.1, 0.15) is 11.6 Å². The minimum absolute atomic E-state index is 0.147. The van der Waals surface area contributed by atoms with Crippen molar-refractivity contribution < 1.29 is 9.18 Å². The summed E-state index contributed by atoms with van der Waals surface area (Å²) in [6.45, 7) is 1.73. The standard InChI is InChI=1S/C16H14BrFN4OS2/c1-9(15(23)19-13-5-4-10(17)7-12(13)18)25-16-20-14(21-22-16)8-11-3-2-6-24-11/h2-7,9H,8H2,1H3,(H,19,23)(H,20,21,22). The molecule has 0 spiro atoms. The Bertz CT molecular complexity index is 869. The van der Waals surface area contributed by atoms with Gasteiger partial charge >= 0.3 is 0 Å². The molecule has 0 aliphatic carbocycles. The van der Waals surface area contributed by atoms with E-state index in [0.29, 0.717) is 16.0 Å². The van der Waals surface area contributed by atoms with Gasteiger partial charge in [-0.25, -0.2) is 9.37 Å². The van der Waals surface area contributed by atoms with E-state index >= 15 is 0 Å². The maximum Gasteiger partial charge on any atom is 0.237 e. The largest absolute Gasteiger partial charge is 0.323 e. The molecule has 0 saturated carbocycles. The minimum Gasteiger partial charge on any atom is -0.323 e. The zero-order chi connectivity index (χ0) is 17.8. The number of hydrogen-bond donors (Lipinski definition) is 2. The third-order valence-electron chi connectivity index (χ3n) is 3.27. The number of aromatic amines is 1. The number of carbonyl (C=O) groups excluding carboxylic acids is 1. The number of amides is 1. The Labute approximate surface area is 160 Å². The highest BCUT2D eigenvalue weighted by molar-refractivity contribution is 9.10. The van der Waals surface area contributed by atoms with Crippen LogP contribution in [0.4, 0.5) is 10.1 Å². The van der Waals surface area contributed by atoms with E-state index in [1.807, 2.05) is 17.5 Å². The first-order valence-corrected chi connectivity index (χ1v) is 9.92. The number of thiophene rings is 1. The van der Waals surface area contributed by atoms with Crippen molar-refractivity contribution in [2.75, 3.05) is 5.32 Å². The van der Waals surface area contributed by atoms with Crippen molar-refractivity contribution in [2.45, 2.75) is 23.8 Å². The second-order valence-corrected chi connectivity index (χ2v) is 8.45. The van der Waals surface area contributed by atoms with E-state index in [1.54, 1.807) is 24.3 Å². The number of hydrogen-bond acceptors (Lipinski definition) is 5. The summed E-state index contributed by atoms with van der Waals surface area (Å²) >= 11 is 6.05. The molecule has 1 atom stereocenters. The molecule has 2 N–H and O–H groups in total. The Morgan fingerprint density at radius 2 is 2.32 bits per heavy atom. The summed E-state index contributed by atoms with van der Waals surface area (Å²) in [5.74, 6) is -0.0524. The maximum absolute atomic E-state index is 13.8. The second kappa shape index (κ2) is 8.11. The first kappa shape index (κ1) is 18.1. The average molecular weight is 441 g/mol. The van der Waals surface area contributed by atoms with E-state index < -0.39 is 11.1 Å². The molecule has 3 aromatic rings. The highest BCUT2D eigenvalue weighted by Gasteiger charge is 2.18. The summed E-state index contributed by atoms with van der Waals surface area (Å²) in [7, 11) is 0. The predicted molar refractivity (Wildman–Crippen MR) is 102 cm³/mol. The number of halogens is 2. The van der Waals surface area contributed by atoms with E-state index in [1.165, 1.54) is 28.8 Å². The molecule has 9 heteroatoms. The van der Waals surface area contributed by atoms with Crippen LogP contribution >= 0.6 is 39.0 Å². The fraction of sp³-hybridized carbons (Fsp3) is 0.188. The van der Waals surface area contributed by atoms with Crippen molar-refractivity contribution in [1.82, 2.24) is 15.2 Å². The lowest BCUT2D eigenvalue weighted by Crippen LogP contribution is -2.23. The smallest absolute Gasteiger partial charge is 0.237 e. The van der Waals surface area contributed by atoms with Gasteiger partial charge in [0.2, 0.25) is 11.1 Å². The zero-order valence-electron chi connectivity index (χ0n) is 13.1. The third kappa shape index (κ3) is 4.90. The number of anilines is 1. The Morgan fingerprint density at radius 1 is 1.48 bits per heavy atom. The van der Waals surface area contributed by atoms with Gasteiger partial charge in [-0.1, -0.05) is 33.8 Å². The van der Waals surface area contributed by atoms with Crippen LogP contribution in [0.5, 0.6) is 0 Å². The van der Waals surface area contributed by atoms with Crippen molar-refractivity contribution in [3.05, 3.63) is 56.7 Å². The number of nitrogens with one attached hydrogen (secondary N) is 2. The lowest BCUT2D eigenvalue weighted by molar-refractivity contribution is -0.115. The van der Waals surface area contributed by atoms with E-state index in [0.717, 1.165) is 5.82 Å². The number of nitrogens with zero attached hydrogens (tertiary/aromatic N) is 2. The Kier molecular flexibility index (Phi) is 5.87. The summed E-state index contributed by atoms with van der Waals surface area (Å²) in [5.41, 5.74) is 0.147. The fourth-order valence-corrected chi connectivity index (χ4v) is 3.81. The van der Waals surface area contributed by atoms with Crippen molar-refractivity contribution in [2.24, 2.45) is 0 Å². The Hall–Kier alpha value is -1.71. The van der Waals surface area contributed by atoms with Crippen LogP contribution in [-0.4, -0.2) is 26.3 Å². The van der Waals surface area contributed by atoms with E-state index in [4.69, 9.17) is 0 Å². The molecule has 0 saturated heterocycles. The molecule has 2 aromatic heterocycles. The van der Waals surface area contributed by atoms with Crippen LogP contribution in [0.25, 0.3) is 0 Å². The molecule has 1 amide bonds. The highest BCUT2D eigenvalue weighted by atomic mass is 79.9. The summed E-state index contributed by atoms with van der Waals surface area (Å²) in [6.07, 6.45) is 0.676. The van der Waals surface area contributed by atoms with Crippen molar-refractivity contribution in [3.63, 3.8) is 0 Å². The van der Waals surface area contributed by atoms with Gasteiger partial charge in [-0.05, 0) is 36.6 Å². The number of benzene rings is 1. The third-order valence-corrected chi connectivity index (χ3v) is 5.60. The van der Waals surface area contributed by atoms with Gasteiger partial charge in [0, 0.05) is 15.8 Å². The molecule has 1 aromatic carbocycles. The first-order chi connectivity index (χ1) is 12.0. The van der Waals surface area contributed by atoms with Crippen LogP contribution in [-0.2, 0) is 11.2 Å². The highest BCUT2D eigenvalue weighted by Crippen LogP contribution is 2.24. The number of H-pyrrole nitrogens is 1. The van der Waals surface area contributed by atoms with Crippen LogP contribution in [0.15, 0.2) is 45.3 Å². The van der Waals surface area contributed by atoms with Crippen LogP contribution in [0.2, 0.25) is 0 Å². The average Bonchev–Trinajstić information content (AvgIpc) is 3.22. The van der Waals surface area contributed by atoms with Gasteiger partial charge < -0.3 is 5.32 Å². The fourth-order valence-electron chi connectivity index (χ4n) is 2.02. The van der Waals surface area contributed by atoms with Crippen LogP contribution < -0.4 is 5.32 Å². The molecule has 5 nitrogen and oxygen atoms in total. The number of rotatable bonds is 6. The zero-order valence-corrected chi connectivity index (χ0v) is 16.3. The molecule has 0 radical (unpaired) electrons. The van der Waals surface area contributed by atoms with Gasteiger partial charge in [0.05, 0.1) is 10.9 Å². The van der Waals surface area contributed by atoms with Gasteiger partial charge in [-0.3, -0.25) is 9.89 Å². The SMILES string of the molecule is CC(Sc1n[nH]c(Cc2cccs2)n1)C(=O)Nc1ccc(Br)cc1F. The normalized spacial score (nSPS) is 12.1. The quantitative estimate of drug-likeness (QED) is 0.554. The molecule has 0 bridgehead atoms. The van der Waals surface area contributed by atoms with E-state index in [-0.39, 0.29) is 11.6 Å². The van der Waals surface area contributed by atoms with E-state index in [2.05, 4.69) is 36.4 Å². The van der Waals surface area contributed by atoms with Crippen LogP contribution in [0.1, 0.15) is 17.6 Å². The minimum atomic E-state index is -0.490. The molecule has 0 aliphatic heterocycles. The topological polar surface area (TPSA) is 70.7 Å². The molecule has 2 heterocycles. The van der Waals surface area contributed by atoms with Gasteiger partial charge in [-0.2, -0.15) is 0 Å². The Balaban J connectivity index is 1.58. The lowest BCUT2D eigenvalue weighted by atomic mass is 10.3. The van der Waals surface area contributed by atoms with Gasteiger partial charge in [0.25, 0.3) is 0 Å². The van der Waals surface area contributed by atoms with Crippen LogP contribution in [0, 0.1) is 5.82 Å². The Morgan fingerprint density at radius 3 is 3.04 bits per heavy atom. The van der Waals surface area contributed by atoms with Crippen molar-refractivity contribution in [1.29, 1.82) is 0 Å². The van der Waals surface area contributed by atoms with Crippen molar-refractivity contribution in [3.8, 4) is 0 Å². The molecule has 25 heavy (non-hydrogen) atoms. The summed E-state index contributed by atoms with van der Waals surface area (Å²) in [6, 6.07) is 8.51. The molecule has 0 aliphatic rings. The van der Waals surface area contributed by atoms with Crippen LogP contribution in [0.3, 0.4) is 0 Å². The molecule has 1 unspecified atom stereocenters. The molecular formula is C16H14BrFN4OS2. The second-order valence-electron chi connectivity index (χ2n) is 5.19. The summed E-state index contributed by atoms with van der Waals surface area (Å²) in [5, 5.41) is 11.6. The maximum atomic E-state index is 13.8. The summed E-state index contributed by atoms with van der Waals surface area (Å²) < 4.78 is 14.4. The summed E-state index contributed by atoms with van der Waals surface area (Å²) in [4.78, 5) is 17.8. The van der Waals surface area contributed by atoms with Gasteiger partial charge in [-0.15, -0.1) is 16.4 Å². The van der Waals surface area contributed by atoms with E-state index in [9.17, 15) is 9.18 Å². The monoisotopic (exact) mass is 440 g/mol. The van der Waals surface area contributed by atoms with Crippen molar-refractivity contribution >= 4 is 50.6 Å². The van der Waals surface area contributed by atoms with Gasteiger partial charge in [0.15, 0.2) is 0 Å². The number of aromatic nitrogens is 3. The molecule has 130 valence electrons. The lowest BCUT2D eigenvalue weighted by Gasteiger charge is -2.11.